The van der Waals surface area contributed by atoms with E-state index in [1.807, 2.05) is 31.2 Å². The fraction of sp³-hybridized carbons (Fsp3) is 0.412. The van der Waals surface area contributed by atoms with E-state index in [0.717, 1.165) is 12.0 Å². The zero-order valence-electron chi connectivity index (χ0n) is 13.7. The van der Waals surface area contributed by atoms with Crippen molar-refractivity contribution >= 4 is 11.9 Å². The second-order valence-electron chi connectivity index (χ2n) is 5.25. The molecule has 124 valence electrons. The first-order chi connectivity index (χ1) is 11.0. The summed E-state index contributed by atoms with van der Waals surface area (Å²) in [5.41, 5.74) is 1.92. The lowest BCUT2D eigenvalue weighted by Gasteiger charge is -2.14. The van der Waals surface area contributed by atoms with Gasteiger partial charge in [0.15, 0.2) is 0 Å². The molecule has 1 aliphatic rings. The number of carbonyl (C=O) groups is 2. The smallest absolute Gasteiger partial charge is 0.350 e. The Kier molecular flexibility index (Phi) is 5.26. The number of nitrogens with one attached hydrogen (secondary N) is 1. The summed E-state index contributed by atoms with van der Waals surface area (Å²) >= 11 is 0. The standard InChI is InChI=1S/C17H21NO5/c1-5-11-6-8-12(9-7-11)14-10(2)18-15(23-14)13(16(19)21-3)17(20)22-4/h6-10,14,18H,5H2,1-4H3/t10-,14+/m1/s1. The number of ether oxygens (including phenoxy) is 3. The van der Waals surface area contributed by atoms with E-state index in [9.17, 15) is 9.59 Å². The fourth-order valence-corrected chi connectivity index (χ4v) is 2.45. The van der Waals surface area contributed by atoms with Gasteiger partial charge in [0, 0.05) is 0 Å². The average Bonchev–Trinajstić information content (AvgIpc) is 2.95. The number of carbonyl (C=O) groups excluding carboxylic acids is 2. The molecule has 23 heavy (non-hydrogen) atoms. The molecule has 6 heteroatoms. The van der Waals surface area contributed by atoms with E-state index in [1.165, 1.54) is 19.8 Å². The Hall–Kier alpha value is -2.50. The lowest BCUT2D eigenvalue weighted by atomic mass is 10.0. The molecule has 0 aromatic heterocycles. The maximum absolute atomic E-state index is 11.8. The zero-order chi connectivity index (χ0) is 17.0. The molecule has 0 aliphatic carbocycles. The first-order valence-corrected chi connectivity index (χ1v) is 7.44. The van der Waals surface area contributed by atoms with Crippen LogP contribution in [0.4, 0.5) is 0 Å². The second kappa shape index (κ2) is 7.17. The minimum atomic E-state index is -0.798. The van der Waals surface area contributed by atoms with Crippen LogP contribution < -0.4 is 5.32 Å². The molecule has 0 amide bonds. The molecule has 2 atom stereocenters. The highest BCUT2D eigenvalue weighted by Gasteiger charge is 2.36. The van der Waals surface area contributed by atoms with E-state index < -0.39 is 11.9 Å². The molecule has 6 nitrogen and oxygen atoms in total. The van der Waals surface area contributed by atoms with E-state index in [-0.39, 0.29) is 23.6 Å². The minimum absolute atomic E-state index is 0.0840. The molecule has 1 aliphatic heterocycles. The number of esters is 2. The molecule has 1 N–H and O–H groups in total. The molecule has 1 aromatic carbocycles. The summed E-state index contributed by atoms with van der Waals surface area (Å²) in [6, 6.07) is 7.94. The van der Waals surface area contributed by atoms with Gasteiger partial charge in [-0.15, -0.1) is 0 Å². The van der Waals surface area contributed by atoms with Gasteiger partial charge in [-0.1, -0.05) is 31.2 Å². The van der Waals surface area contributed by atoms with Crippen molar-refractivity contribution in [1.29, 1.82) is 0 Å². The molecule has 0 unspecified atom stereocenters. The normalized spacial score (nSPS) is 19.6. The van der Waals surface area contributed by atoms with Crippen LogP contribution in [0.5, 0.6) is 0 Å². The van der Waals surface area contributed by atoms with Crippen molar-refractivity contribution in [3.63, 3.8) is 0 Å². The third-order valence-corrected chi connectivity index (χ3v) is 3.78. The Morgan fingerprint density at radius 1 is 1.13 bits per heavy atom. The molecule has 0 radical (unpaired) electrons. The van der Waals surface area contributed by atoms with Crippen LogP contribution in [0.2, 0.25) is 0 Å². The van der Waals surface area contributed by atoms with Crippen LogP contribution in [0.25, 0.3) is 0 Å². The molecule has 1 fully saturated rings. The van der Waals surface area contributed by atoms with E-state index in [4.69, 9.17) is 4.74 Å². The zero-order valence-corrected chi connectivity index (χ0v) is 13.7. The SMILES string of the molecule is CCc1ccc([C@H]2OC(=C(C(=O)OC)C(=O)OC)N[C@@H]2C)cc1. The van der Waals surface area contributed by atoms with Crippen LogP contribution in [0.3, 0.4) is 0 Å². The molecule has 0 saturated carbocycles. The first kappa shape index (κ1) is 16.9. The van der Waals surface area contributed by atoms with Crippen molar-refractivity contribution in [3.8, 4) is 0 Å². The van der Waals surface area contributed by atoms with Crippen LogP contribution in [0.1, 0.15) is 31.1 Å². The number of methoxy groups -OCH3 is 2. The molecule has 1 aromatic rings. The lowest BCUT2D eigenvalue weighted by Crippen LogP contribution is -2.25. The second-order valence-corrected chi connectivity index (χ2v) is 5.25. The Bertz CT molecular complexity index is 602. The van der Waals surface area contributed by atoms with Crippen molar-refractivity contribution < 1.29 is 23.8 Å². The number of hydrogen-bond acceptors (Lipinski definition) is 6. The molecule has 0 bridgehead atoms. The van der Waals surface area contributed by atoms with Gasteiger partial charge in [-0.2, -0.15) is 0 Å². The van der Waals surface area contributed by atoms with Crippen LogP contribution in [0.15, 0.2) is 35.7 Å². The third kappa shape index (κ3) is 3.47. The van der Waals surface area contributed by atoms with Gasteiger partial charge < -0.3 is 19.5 Å². The Morgan fingerprint density at radius 2 is 1.70 bits per heavy atom. The van der Waals surface area contributed by atoms with E-state index in [2.05, 4.69) is 21.7 Å². The first-order valence-electron chi connectivity index (χ1n) is 7.44. The summed E-state index contributed by atoms with van der Waals surface area (Å²) in [6.45, 7) is 4.00. The topological polar surface area (TPSA) is 73.9 Å². The summed E-state index contributed by atoms with van der Waals surface area (Å²) in [6.07, 6.45) is 0.653. The molecule has 2 rings (SSSR count). The van der Waals surface area contributed by atoms with Gasteiger partial charge in [0.1, 0.15) is 6.10 Å². The molecule has 0 spiro atoms. The van der Waals surface area contributed by atoms with Gasteiger partial charge in [-0.25, -0.2) is 9.59 Å². The Labute approximate surface area is 135 Å². The van der Waals surface area contributed by atoms with Gasteiger partial charge in [-0.05, 0) is 24.5 Å². The van der Waals surface area contributed by atoms with Crippen LogP contribution >= 0.6 is 0 Å². The number of benzene rings is 1. The van der Waals surface area contributed by atoms with E-state index in [1.54, 1.807) is 0 Å². The largest absolute Gasteiger partial charge is 0.468 e. The quantitative estimate of drug-likeness (QED) is 0.395. The number of rotatable bonds is 4. The van der Waals surface area contributed by atoms with Gasteiger partial charge in [-0.3, -0.25) is 0 Å². The maximum atomic E-state index is 11.8. The lowest BCUT2D eigenvalue weighted by molar-refractivity contribution is -0.144. The summed E-state index contributed by atoms with van der Waals surface area (Å²) in [7, 11) is 2.40. The minimum Gasteiger partial charge on any atom is -0.468 e. The summed E-state index contributed by atoms with van der Waals surface area (Å²) in [5.74, 6) is -1.51. The van der Waals surface area contributed by atoms with E-state index >= 15 is 0 Å². The van der Waals surface area contributed by atoms with Crippen LogP contribution in [-0.4, -0.2) is 32.2 Å². The number of aryl methyl sites for hydroxylation is 1. The van der Waals surface area contributed by atoms with Gasteiger partial charge in [0.25, 0.3) is 0 Å². The summed E-state index contributed by atoms with van der Waals surface area (Å²) in [4.78, 5) is 23.7. The average molecular weight is 319 g/mol. The highest BCUT2D eigenvalue weighted by atomic mass is 16.6. The van der Waals surface area contributed by atoms with Gasteiger partial charge >= 0.3 is 11.9 Å². The van der Waals surface area contributed by atoms with Crippen molar-refractivity contribution in [2.24, 2.45) is 0 Å². The van der Waals surface area contributed by atoms with Crippen molar-refractivity contribution in [2.75, 3.05) is 14.2 Å². The summed E-state index contributed by atoms with van der Waals surface area (Å²) < 4.78 is 15.1. The predicted molar refractivity (Wildman–Crippen MR) is 83.3 cm³/mol. The van der Waals surface area contributed by atoms with E-state index in [0.29, 0.717) is 0 Å². The highest BCUT2D eigenvalue weighted by molar-refractivity contribution is 6.14. The monoisotopic (exact) mass is 319 g/mol. The number of hydrogen-bond donors (Lipinski definition) is 1. The Morgan fingerprint density at radius 3 is 2.17 bits per heavy atom. The molecule has 1 saturated heterocycles. The van der Waals surface area contributed by atoms with Crippen LogP contribution in [0, 0.1) is 0 Å². The third-order valence-electron chi connectivity index (χ3n) is 3.78. The Balaban J connectivity index is 2.32. The van der Waals surface area contributed by atoms with Crippen LogP contribution in [-0.2, 0) is 30.2 Å². The predicted octanol–water partition coefficient (Wildman–Crippen LogP) is 1.86. The summed E-state index contributed by atoms with van der Waals surface area (Å²) in [5, 5.41) is 3.02. The molecular formula is C17H21NO5. The maximum Gasteiger partial charge on any atom is 0.350 e. The van der Waals surface area contributed by atoms with Gasteiger partial charge in [0.2, 0.25) is 11.5 Å². The van der Waals surface area contributed by atoms with Crippen molar-refractivity contribution in [3.05, 3.63) is 46.8 Å². The molecule has 1 heterocycles. The fourth-order valence-electron chi connectivity index (χ4n) is 2.45. The van der Waals surface area contributed by atoms with Gasteiger partial charge in [0.05, 0.1) is 20.3 Å². The highest BCUT2D eigenvalue weighted by Crippen LogP contribution is 2.31. The molecular weight excluding hydrogens is 298 g/mol. The van der Waals surface area contributed by atoms with Crippen molar-refractivity contribution in [1.82, 2.24) is 5.32 Å². The van der Waals surface area contributed by atoms with Crippen molar-refractivity contribution in [2.45, 2.75) is 32.4 Å².